The summed E-state index contributed by atoms with van der Waals surface area (Å²) < 4.78 is 1.28. The molecule has 1 heterocycles. The number of ketones is 1. The summed E-state index contributed by atoms with van der Waals surface area (Å²) in [6.45, 7) is 3.77. The van der Waals surface area contributed by atoms with Gasteiger partial charge in [-0.05, 0) is 30.4 Å². The molecule has 0 atom stereocenters. The van der Waals surface area contributed by atoms with Gasteiger partial charge in [-0.1, -0.05) is 17.7 Å². The second kappa shape index (κ2) is 5.01. The molecule has 98 valence electrons. The largest absolute Gasteiger partial charge is 0.389 e. The van der Waals surface area contributed by atoms with Gasteiger partial charge in [0.15, 0.2) is 5.78 Å². The first-order valence-corrected chi connectivity index (χ1v) is 5.75. The van der Waals surface area contributed by atoms with Gasteiger partial charge in [0.1, 0.15) is 6.54 Å². The molecule has 0 radical (unpaired) electrons. The van der Waals surface area contributed by atoms with Gasteiger partial charge in [0, 0.05) is 5.56 Å². The third-order valence-corrected chi connectivity index (χ3v) is 2.81. The Kier molecular flexibility index (Phi) is 3.41. The molecule has 0 aliphatic carbocycles. The van der Waals surface area contributed by atoms with Crippen molar-refractivity contribution < 1.29 is 9.72 Å². The Hall–Kier alpha value is -2.50. The number of Topliss-reactive ketones (excluding diaryl/α,β-unsaturated/α-hetero) is 1. The number of hydrogen-bond donors (Lipinski definition) is 0. The van der Waals surface area contributed by atoms with Gasteiger partial charge in [-0.3, -0.25) is 4.79 Å². The lowest BCUT2D eigenvalue weighted by molar-refractivity contribution is -0.389. The van der Waals surface area contributed by atoms with Crippen molar-refractivity contribution in [3.63, 3.8) is 0 Å². The summed E-state index contributed by atoms with van der Waals surface area (Å²) >= 11 is 0. The maximum Gasteiger partial charge on any atom is 0.389 e. The summed E-state index contributed by atoms with van der Waals surface area (Å²) in [5.74, 6) is -0.368. The predicted octanol–water partition coefficient (Wildman–Crippen LogP) is 2.29. The van der Waals surface area contributed by atoms with E-state index in [-0.39, 0.29) is 18.1 Å². The van der Waals surface area contributed by atoms with Crippen molar-refractivity contribution in [3.8, 4) is 0 Å². The van der Waals surface area contributed by atoms with Crippen molar-refractivity contribution in [3.05, 3.63) is 57.3 Å². The minimum Gasteiger partial charge on any atom is -0.358 e. The molecule has 0 amide bonds. The Morgan fingerprint density at radius 1 is 1.37 bits per heavy atom. The van der Waals surface area contributed by atoms with Crippen LogP contribution in [0.2, 0.25) is 0 Å². The third kappa shape index (κ3) is 2.85. The zero-order valence-electron chi connectivity index (χ0n) is 10.7. The first kappa shape index (κ1) is 12.9. The third-order valence-electron chi connectivity index (χ3n) is 2.81. The number of aryl methyl sites for hydroxylation is 2. The lowest BCUT2D eigenvalue weighted by Gasteiger charge is -2.04. The van der Waals surface area contributed by atoms with E-state index in [1.807, 2.05) is 32.0 Å². The van der Waals surface area contributed by atoms with Crippen molar-refractivity contribution in [2.75, 3.05) is 0 Å². The molecular weight excluding hydrogens is 246 g/mol. The number of nitro groups is 1. The Morgan fingerprint density at radius 3 is 2.74 bits per heavy atom. The maximum absolute atomic E-state index is 12.1. The number of hydrogen-bond acceptors (Lipinski definition) is 4. The summed E-state index contributed by atoms with van der Waals surface area (Å²) in [5.41, 5.74) is 2.51. The predicted molar refractivity (Wildman–Crippen MR) is 69.1 cm³/mol. The van der Waals surface area contributed by atoms with Crippen LogP contribution in [0.25, 0.3) is 0 Å². The summed E-state index contributed by atoms with van der Waals surface area (Å²) in [6, 6.07) is 6.91. The van der Waals surface area contributed by atoms with Gasteiger partial charge in [-0.15, -0.1) is 0 Å². The monoisotopic (exact) mass is 259 g/mol. The standard InChI is InChI=1S/C13H13N3O3/c1-9-3-4-10(2)11(7-9)12(17)8-15-6-5-13(14-15)16(18)19/h3-7H,8H2,1-2H3. The van der Waals surface area contributed by atoms with Crippen molar-refractivity contribution >= 4 is 11.6 Å². The number of rotatable bonds is 4. The topological polar surface area (TPSA) is 78.0 Å². The van der Waals surface area contributed by atoms with Crippen LogP contribution in [-0.2, 0) is 6.54 Å². The van der Waals surface area contributed by atoms with Crippen LogP contribution in [0.4, 0.5) is 5.82 Å². The lowest BCUT2D eigenvalue weighted by Crippen LogP contribution is -2.12. The molecule has 0 unspecified atom stereocenters. The van der Waals surface area contributed by atoms with Crippen molar-refractivity contribution in [2.24, 2.45) is 0 Å². The van der Waals surface area contributed by atoms with Gasteiger partial charge in [0.25, 0.3) is 0 Å². The van der Waals surface area contributed by atoms with Crippen LogP contribution in [-0.4, -0.2) is 20.5 Å². The quantitative estimate of drug-likeness (QED) is 0.479. The number of nitrogens with zero attached hydrogens (tertiary/aromatic N) is 3. The average molecular weight is 259 g/mol. The molecule has 19 heavy (non-hydrogen) atoms. The molecule has 0 spiro atoms. The molecule has 6 heteroatoms. The zero-order valence-corrected chi connectivity index (χ0v) is 10.7. The Labute approximate surface area is 109 Å². The second-order valence-electron chi connectivity index (χ2n) is 4.37. The molecule has 0 aliphatic heterocycles. The highest BCUT2D eigenvalue weighted by atomic mass is 16.6. The summed E-state index contributed by atoms with van der Waals surface area (Å²) in [5, 5.41) is 14.2. The van der Waals surface area contributed by atoms with E-state index in [9.17, 15) is 14.9 Å². The number of aromatic nitrogens is 2. The zero-order chi connectivity index (χ0) is 14.0. The SMILES string of the molecule is Cc1ccc(C)c(C(=O)Cn2ccc([N+](=O)[O-])n2)c1. The molecule has 0 saturated carbocycles. The van der Waals surface area contributed by atoms with Gasteiger partial charge >= 0.3 is 5.82 Å². The van der Waals surface area contributed by atoms with Crippen LogP contribution in [0, 0.1) is 24.0 Å². The summed E-state index contributed by atoms with van der Waals surface area (Å²) in [6.07, 6.45) is 1.43. The molecule has 0 N–H and O–H groups in total. The van der Waals surface area contributed by atoms with Crippen LogP contribution in [0.5, 0.6) is 0 Å². The first-order chi connectivity index (χ1) is 8.97. The van der Waals surface area contributed by atoms with Crippen molar-refractivity contribution in [2.45, 2.75) is 20.4 Å². The van der Waals surface area contributed by atoms with Crippen LogP contribution in [0.3, 0.4) is 0 Å². The van der Waals surface area contributed by atoms with E-state index in [2.05, 4.69) is 5.10 Å². The van der Waals surface area contributed by atoms with Gasteiger partial charge in [-0.2, -0.15) is 4.68 Å². The number of carbonyl (C=O) groups is 1. The van der Waals surface area contributed by atoms with E-state index in [4.69, 9.17) is 0 Å². The van der Waals surface area contributed by atoms with E-state index in [1.54, 1.807) is 0 Å². The lowest BCUT2D eigenvalue weighted by atomic mass is 10.0. The van der Waals surface area contributed by atoms with E-state index < -0.39 is 4.92 Å². The van der Waals surface area contributed by atoms with Gasteiger partial charge in [0.2, 0.25) is 0 Å². The van der Waals surface area contributed by atoms with Gasteiger partial charge in [-0.25, -0.2) is 0 Å². The molecule has 1 aromatic carbocycles. The van der Waals surface area contributed by atoms with Crippen molar-refractivity contribution in [1.82, 2.24) is 9.78 Å². The Balaban J connectivity index is 2.20. The second-order valence-corrected chi connectivity index (χ2v) is 4.37. The van der Waals surface area contributed by atoms with E-state index in [1.165, 1.54) is 16.9 Å². The fourth-order valence-corrected chi connectivity index (χ4v) is 1.80. The minimum atomic E-state index is -0.584. The molecule has 2 aromatic rings. The highest BCUT2D eigenvalue weighted by molar-refractivity contribution is 5.97. The normalized spacial score (nSPS) is 10.4. The maximum atomic E-state index is 12.1. The molecule has 0 bridgehead atoms. The van der Waals surface area contributed by atoms with Gasteiger partial charge in [0.05, 0.1) is 17.4 Å². The Bertz CT molecular complexity index is 646. The molecule has 0 fully saturated rings. The van der Waals surface area contributed by atoms with Crippen LogP contribution >= 0.6 is 0 Å². The van der Waals surface area contributed by atoms with Crippen molar-refractivity contribution in [1.29, 1.82) is 0 Å². The van der Waals surface area contributed by atoms with E-state index >= 15 is 0 Å². The molecular formula is C13H13N3O3. The van der Waals surface area contributed by atoms with Gasteiger partial charge < -0.3 is 10.1 Å². The van der Waals surface area contributed by atoms with E-state index in [0.717, 1.165) is 11.1 Å². The number of benzene rings is 1. The van der Waals surface area contributed by atoms with Crippen LogP contribution in [0.1, 0.15) is 21.5 Å². The minimum absolute atomic E-state index is 0.00185. The first-order valence-electron chi connectivity index (χ1n) is 5.75. The van der Waals surface area contributed by atoms with Crippen LogP contribution < -0.4 is 0 Å². The summed E-state index contributed by atoms with van der Waals surface area (Å²) in [7, 11) is 0. The molecule has 2 rings (SSSR count). The fraction of sp³-hybridized carbons (Fsp3) is 0.231. The smallest absolute Gasteiger partial charge is 0.358 e. The number of carbonyl (C=O) groups excluding carboxylic acids is 1. The highest BCUT2D eigenvalue weighted by Crippen LogP contribution is 2.13. The Morgan fingerprint density at radius 2 is 2.11 bits per heavy atom. The molecule has 0 saturated heterocycles. The average Bonchev–Trinajstić information content (AvgIpc) is 2.80. The fourth-order valence-electron chi connectivity index (χ4n) is 1.80. The summed E-state index contributed by atoms with van der Waals surface area (Å²) in [4.78, 5) is 22.1. The molecule has 0 aliphatic rings. The van der Waals surface area contributed by atoms with E-state index in [0.29, 0.717) is 5.56 Å². The molecule has 1 aromatic heterocycles. The molecule has 6 nitrogen and oxygen atoms in total. The highest BCUT2D eigenvalue weighted by Gasteiger charge is 2.15. The van der Waals surface area contributed by atoms with Crippen LogP contribution in [0.15, 0.2) is 30.5 Å².